The zero-order valence-electron chi connectivity index (χ0n) is 19.9. The molecule has 1 saturated carbocycles. The second kappa shape index (κ2) is 8.41. The summed E-state index contributed by atoms with van der Waals surface area (Å²) >= 11 is 0. The summed E-state index contributed by atoms with van der Waals surface area (Å²) in [6.45, 7) is 4.25. The van der Waals surface area contributed by atoms with Crippen molar-refractivity contribution in [2.45, 2.75) is 57.5 Å². The van der Waals surface area contributed by atoms with Crippen LogP contribution in [0, 0.1) is 25.5 Å². The molecule has 9 heteroatoms. The van der Waals surface area contributed by atoms with E-state index in [-0.39, 0.29) is 17.6 Å². The molecule has 1 aliphatic carbocycles. The Labute approximate surface area is 201 Å². The third-order valence-electron chi connectivity index (χ3n) is 7.06. The van der Waals surface area contributed by atoms with E-state index in [0.717, 1.165) is 23.9 Å². The predicted octanol–water partition coefficient (Wildman–Crippen LogP) is 5.23. The lowest BCUT2D eigenvalue weighted by atomic mass is 9.92. The van der Waals surface area contributed by atoms with E-state index in [0.29, 0.717) is 47.3 Å². The second-order valence-corrected chi connectivity index (χ2v) is 9.59. The van der Waals surface area contributed by atoms with Gasteiger partial charge in [0.1, 0.15) is 34.8 Å². The number of aryl methyl sites for hydroxylation is 3. The van der Waals surface area contributed by atoms with Gasteiger partial charge in [-0.25, -0.2) is 28.7 Å². The predicted molar refractivity (Wildman–Crippen MR) is 126 cm³/mol. The molecule has 4 heterocycles. The molecular formula is C26H26F2N6O. The van der Waals surface area contributed by atoms with Crippen LogP contribution in [0.5, 0.6) is 0 Å². The van der Waals surface area contributed by atoms with E-state index in [1.165, 1.54) is 30.7 Å². The maximum absolute atomic E-state index is 14.8. The molecule has 2 aliphatic rings. The van der Waals surface area contributed by atoms with Crippen LogP contribution in [0.25, 0.3) is 22.4 Å². The number of benzene rings is 1. The van der Waals surface area contributed by atoms with E-state index >= 15 is 0 Å². The summed E-state index contributed by atoms with van der Waals surface area (Å²) in [5.41, 5.74) is 4.97. The Bertz CT molecular complexity index is 1450. The Kier molecular flexibility index (Phi) is 5.32. The van der Waals surface area contributed by atoms with Crippen LogP contribution in [-0.2, 0) is 11.8 Å². The molecule has 0 amide bonds. The summed E-state index contributed by atoms with van der Waals surface area (Å²) in [5, 5.41) is 4.72. The first-order chi connectivity index (χ1) is 16.9. The van der Waals surface area contributed by atoms with Gasteiger partial charge in [0.15, 0.2) is 5.65 Å². The summed E-state index contributed by atoms with van der Waals surface area (Å²) in [4.78, 5) is 18.8. The molecule has 0 radical (unpaired) electrons. The summed E-state index contributed by atoms with van der Waals surface area (Å²) in [6.07, 6.45) is 3.65. The molecular weight excluding hydrogens is 450 g/mol. The van der Waals surface area contributed by atoms with E-state index < -0.39 is 11.6 Å². The maximum atomic E-state index is 14.8. The van der Waals surface area contributed by atoms with Crippen molar-refractivity contribution >= 4 is 11.2 Å². The Morgan fingerprint density at radius 2 is 1.74 bits per heavy atom. The van der Waals surface area contributed by atoms with Crippen LogP contribution in [0.3, 0.4) is 0 Å². The van der Waals surface area contributed by atoms with Crippen LogP contribution in [0.1, 0.15) is 72.2 Å². The van der Waals surface area contributed by atoms with E-state index in [1.54, 1.807) is 0 Å². The number of nitrogens with zero attached hydrogens (tertiary/aromatic N) is 6. The number of aromatic nitrogens is 6. The highest BCUT2D eigenvalue weighted by molar-refractivity contribution is 5.87. The Balaban J connectivity index is 1.41. The van der Waals surface area contributed by atoms with Crippen molar-refractivity contribution in [1.82, 2.24) is 29.7 Å². The molecule has 1 aromatic carbocycles. The van der Waals surface area contributed by atoms with Gasteiger partial charge in [0.2, 0.25) is 0 Å². The zero-order chi connectivity index (χ0) is 24.3. The van der Waals surface area contributed by atoms with Gasteiger partial charge in [-0.3, -0.25) is 4.68 Å². The summed E-state index contributed by atoms with van der Waals surface area (Å²) in [7, 11) is 1.98. The third kappa shape index (κ3) is 4.07. The van der Waals surface area contributed by atoms with Crippen LogP contribution in [0.2, 0.25) is 0 Å². The molecule has 2 fully saturated rings. The average Bonchev–Trinajstić information content (AvgIpc) is 3.60. The van der Waals surface area contributed by atoms with Crippen molar-refractivity contribution in [2.24, 2.45) is 7.05 Å². The Morgan fingerprint density at radius 1 is 0.943 bits per heavy atom. The van der Waals surface area contributed by atoms with Gasteiger partial charge in [0.25, 0.3) is 0 Å². The zero-order valence-corrected chi connectivity index (χ0v) is 19.9. The number of fused-ring (bicyclic) bond motifs is 1. The molecule has 7 nitrogen and oxygen atoms in total. The molecule has 0 N–H and O–H groups in total. The van der Waals surface area contributed by atoms with Gasteiger partial charge in [0, 0.05) is 42.8 Å². The standard InChI is InChI=1S/C26H26F2N6O/c1-13-14(2)30-26-24(29-13)23(18-7-6-17(27)11-19(18)28)31-25(32-26)16-8-9-35-22(10-16)20-12-21(15-4-5-15)34(3)33-20/h6-7,11-12,15-16,22H,4-5,8-10H2,1-3H3/t16-,22-/m1/s1. The fraction of sp³-hybridized carbons (Fsp3) is 0.423. The number of hydrogen-bond donors (Lipinski definition) is 0. The van der Waals surface area contributed by atoms with Gasteiger partial charge >= 0.3 is 0 Å². The lowest BCUT2D eigenvalue weighted by Crippen LogP contribution is -2.21. The van der Waals surface area contributed by atoms with Crippen molar-refractivity contribution in [3.63, 3.8) is 0 Å². The Hall–Kier alpha value is -3.33. The highest BCUT2D eigenvalue weighted by atomic mass is 19.1. The minimum absolute atomic E-state index is 0.0183. The van der Waals surface area contributed by atoms with Gasteiger partial charge in [-0.05, 0) is 57.7 Å². The van der Waals surface area contributed by atoms with E-state index in [1.807, 2.05) is 25.6 Å². The highest BCUT2D eigenvalue weighted by Gasteiger charge is 2.33. The molecule has 0 bridgehead atoms. The molecule has 1 saturated heterocycles. The topological polar surface area (TPSA) is 78.6 Å². The molecule has 2 atom stereocenters. The van der Waals surface area contributed by atoms with Crippen LogP contribution in [0.4, 0.5) is 8.78 Å². The van der Waals surface area contributed by atoms with Crippen LogP contribution in [-0.4, -0.2) is 36.3 Å². The minimum atomic E-state index is -0.693. The smallest absolute Gasteiger partial charge is 0.182 e. The maximum Gasteiger partial charge on any atom is 0.182 e. The van der Waals surface area contributed by atoms with Crippen molar-refractivity contribution in [1.29, 1.82) is 0 Å². The monoisotopic (exact) mass is 476 g/mol. The number of halogens is 2. The summed E-state index contributed by atoms with van der Waals surface area (Å²) < 4.78 is 36.5. The molecule has 3 aromatic heterocycles. The molecule has 0 spiro atoms. The molecule has 6 rings (SSSR count). The van der Waals surface area contributed by atoms with Gasteiger partial charge in [0.05, 0.1) is 17.1 Å². The van der Waals surface area contributed by atoms with Crippen molar-refractivity contribution in [3.05, 3.63) is 64.5 Å². The van der Waals surface area contributed by atoms with Crippen LogP contribution < -0.4 is 0 Å². The second-order valence-electron chi connectivity index (χ2n) is 9.59. The van der Waals surface area contributed by atoms with Crippen LogP contribution >= 0.6 is 0 Å². The minimum Gasteiger partial charge on any atom is -0.372 e. The molecule has 1 aliphatic heterocycles. The lowest BCUT2D eigenvalue weighted by molar-refractivity contribution is 0.00120. The van der Waals surface area contributed by atoms with Crippen LogP contribution in [0.15, 0.2) is 24.3 Å². The normalized spacial score (nSPS) is 20.5. The number of hydrogen-bond acceptors (Lipinski definition) is 6. The average molecular weight is 477 g/mol. The molecule has 180 valence electrons. The first kappa shape index (κ1) is 22.2. The quantitative estimate of drug-likeness (QED) is 0.401. The van der Waals surface area contributed by atoms with Crippen molar-refractivity contribution in [2.75, 3.05) is 6.61 Å². The van der Waals surface area contributed by atoms with Gasteiger partial charge in [-0.2, -0.15) is 5.10 Å². The SMILES string of the molecule is Cc1nc2nc([C@@H]3CCO[C@@H](c4cc(C5CC5)n(C)n4)C3)nc(-c3ccc(F)cc3F)c2nc1C. The highest BCUT2D eigenvalue weighted by Crippen LogP contribution is 2.42. The molecule has 0 unspecified atom stereocenters. The van der Waals surface area contributed by atoms with E-state index in [2.05, 4.69) is 16.0 Å². The summed E-state index contributed by atoms with van der Waals surface area (Å²) in [6, 6.07) is 5.64. The van der Waals surface area contributed by atoms with Gasteiger partial charge in [-0.15, -0.1) is 0 Å². The summed E-state index contributed by atoms with van der Waals surface area (Å²) in [5.74, 6) is -0.184. The molecule has 4 aromatic rings. The van der Waals surface area contributed by atoms with E-state index in [4.69, 9.17) is 19.8 Å². The first-order valence-corrected chi connectivity index (χ1v) is 12.0. The first-order valence-electron chi connectivity index (χ1n) is 12.0. The fourth-order valence-electron chi connectivity index (χ4n) is 4.84. The number of rotatable bonds is 4. The fourth-order valence-corrected chi connectivity index (χ4v) is 4.84. The lowest BCUT2D eigenvalue weighted by Gasteiger charge is -2.28. The van der Waals surface area contributed by atoms with Crippen molar-refractivity contribution < 1.29 is 13.5 Å². The van der Waals surface area contributed by atoms with E-state index in [9.17, 15) is 8.78 Å². The van der Waals surface area contributed by atoms with Gasteiger partial charge < -0.3 is 4.74 Å². The third-order valence-corrected chi connectivity index (χ3v) is 7.06. The largest absolute Gasteiger partial charge is 0.372 e. The van der Waals surface area contributed by atoms with Gasteiger partial charge in [-0.1, -0.05) is 0 Å². The number of ether oxygens (including phenoxy) is 1. The molecule has 35 heavy (non-hydrogen) atoms. The van der Waals surface area contributed by atoms with Crippen molar-refractivity contribution in [3.8, 4) is 11.3 Å². The Morgan fingerprint density at radius 3 is 2.51 bits per heavy atom.